The number of amides is 1. The lowest BCUT2D eigenvalue weighted by molar-refractivity contribution is 0.101. The first-order valence-electron chi connectivity index (χ1n) is 7.98. The molecule has 3 aromatic rings. The summed E-state index contributed by atoms with van der Waals surface area (Å²) in [6.07, 6.45) is 0. The van der Waals surface area contributed by atoms with Crippen LogP contribution in [0.3, 0.4) is 0 Å². The van der Waals surface area contributed by atoms with Gasteiger partial charge in [-0.15, -0.1) is 0 Å². The molecule has 0 atom stereocenters. The first-order chi connectivity index (χ1) is 12.9. The Morgan fingerprint density at radius 3 is 2.26 bits per heavy atom. The van der Waals surface area contributed by atoms with Gasteiger partial charge in [0.15, 0.2) is 5.78 Å². The number of fused-ring (bicyclic) bond motifs is 2. The monoisotopic (exact) mass is 397 g/mol. The van der Waals surface area contributed by atoms with Crippen molar-refractivity contribution in [3.8, 4) is 0 Å². The third-order valence-electron chi connectivity index (χ3n) is 4.30. The molecular formula is C20H12ClNO4S. The van der Waals surface area contributed by atoms with Gasteiger partial charge in [-0.1, -0.05) is 23.7 Å². The molecule has 134 valence electrons. The number of halogens is 1. The lowest BCUT2D eigenvalue weighted by Crippen LogP contribution is -2.21. The van der Waals surface area contributed by atoms with E-state index in [1.54, 1.807) is 36.4 Å². The number of hydrogen-bond acceptors (Lipinski definition) is 4. The van der Waals surface area contributed by atoms with Crippen molar-refractivity contribution in [2.45, 2.75) is 9.79 Å². The molecule has 0 spiro atoms. The van der Waals surface area contributed by atoms with Crippen molar-refractivity contribution in [1.29, 1.82) is 0 Å². The fourth-order valence-corrected chi connectivity index (χ4v) is 4.74. The Balaban J connectivity index is 1.73. The summed E-state index contributed by atoms with van der Waals surface area (Å²) in [6, 6.07) is 16.6. The molecule has 1 aliphatic heterocycles. The highest BCUT2D eigenvalue weighted by atomic mass is 35.5. The summed E-state index contributed by atoms with van der Waals surface area (Å²) in [4.78, 5) is 25.0. The molecule has 0 bridgehead atoms. The van der Waals surface area contributed by atoms with E-state index in [-0.39, 0.29) is 20.9 Å². The van der Waals surface area contributed by atoms with Crippen LogP contribution < -0.4 is 5.32 Å². The molecule has 0 fully saturated rings. The summed E-state index contributed by atoms with van der Waals surface area (Å²) in [6.45, 7) is 0. The molecule has 1 amide bonds. The van der Waals surface area contributed by atoms with E-state index in [0.717, 1.165) is 0 Å². The molecule has 1 heterocycles. The molecule has 1 N–H and O–H groups in total. The van der Waals surface area contributed by atoms with Gasteiger partial charge in [-0.3, -0.25) is 9.59 Å². The minimum Gasteiger partial charge on any atom is -0.322 e. The fraction of sp³-hybridized carbons (Fsp3) is 0. The highest BCUT2D eigenvalue weighted by Gasteiger charge is 2.34. The van der Waals surface area contributed by atoms with Crippen LogP contribution in [0.5, 0.6) is 0 Å². The maximum absolute atomic E-state index is 12.8. The van der Waals surface area contributed by atoms with Gasteiger partial charge in [-0.2, -0.15) is 0 Å². The van der Waals surface area contributed by atoms with Gasteiger partial charge in [0.25, 0.3) is 5.91 Å². The number of benzene rings is 3. The first kappa shape index (κ1) is 17.5. The summed E-state index contributed by atoms with van der Waals surface area (Å²) in [5.41, 5.74) is 0.895. The minimum absolute atomic E-state index is 0.000417. The normalized spacial score (nSPS) is 14.2. The van der Waals surface area contributed by atoms with Gasteiger partial charge < -0.3 is 5.32 Å². The van der Waals surface area contributed by atoms with Crippen molar-refractivity contribution in [2.75, 3.05) is 5.32 Å². The van der Waals surface area contributed by atoms with Crippen molar-refractivity contribution >= 4 is 38.8 Å². The fourth-order valence-electron chi connectivity index (χ4n) is 2.98. The number of carbonyl (C=O) groups excluding carboxylic acids is 2. The van der Waals surface area contributed by atoms with E-state index in [0.29, 0.717) is 16.3 Å². The van der Waals surface area contributed by atoms with Crippen LogP contribution in [0, 0.1) is 0 Å². The van der Waals surface area contributed by atoms with Crippen LogP contribution in [0.4, 0.5) is 5.69 Å². The number of carbonyl (C=O) groups is 2. The average Bonchev–Trinajstić information content (AvgIpc) is 2.67. The molecular weight excluding hydrogens is 386 g/mol. The van der Waals surface area contributed by atoms with Gasteiger partial charge in [0.05, 0.1) is 9.79 Å². The lowest BCUT2D eigenvalue weighted by atomic mass is 10.0. The molecule has 27 heavy (non-hydrogen) atoms. The summed E-state index contributed by atoms with van der Waals surface area (Å²) in [5, 5.41) is 3.18. The Bertz CT molecular complexity index is 1200. The van der Waals surface area contributed by atoms with Crippen LogP contribution in [-0.2, 0) is 9.84 Å². The van der Waals surface area contributed by atoms with Crippen LogP contribution in [0.15, 0.2) is 76.5 Å². The third kappa shape index (κ3) is 2.93. The third-order valence-corrected chi connectivity index (χ3v) is 6.42. The Morgan fingerprint density at radius 1 is 0.852 bits per heavy atom. The second kappa shape index (κ2) is 6.33. The van der Waals surface area contributed by atoms with E-state index in [2.05, 4.69) is 5.32 Å². The smallest absolute Gasteiger partial charge is 0.255 e. The van der Waals surface area contributed by atoms with Crippen molar-refractivity contribution in [3.63, 3.8) is 0 Å². The first-order valence-corrected chi connectivity index (χ1v) is 9.84. The SMILES string of the molecule is O=C(Nc1ccc2c(c1)C(=O)c1ccccc1S2(=O)=O)c1ccc(Cl)cc1. The minimum atomic E-state index is -3.78. The van der Waals surface area contributed by atoms with Gasteiger partial charge in [0.2, 0.25) is 9.84 Å². The molecule has 3 aromatic carbocycles. The zero-order chi connectivity index (χ0) is 19.2. The van der Waals surface area contributed by atoms with Gasteiger partial charge in [0.1, 0.15) is 0 Å². The standard InChI is InChI=1S/C20H12ClNO4S/c21-13-7-5-12(6-8-13)20(24)22-14-9-10-18-16(11-14)19(23)15-3-1-2-4-17(15)27(18,25)26/h1-11H,(H,22,24). The number of ketones is 1. The Labute approximate surface area is 160 Å². The molecule has 0 radical (unpaired) electrons. The van der Waals surface area contributed by atoms with E-state index in [4.69, 9.17) is 11.6 Å². The highest BCUT2D eigenvalue weighted by Crippen LogP contribution is 2.35. The summed E-state index contributed by atoms with van der Waals surface area (Å²) < 4.78 is 25.6. The lowest BCUT2D eigenvalue weighted by Gasteiger charge is -2.19. The molecule has 0 aromatic heterocycles. The number of hydrogen-bond donors (Lipinski definition) is 1. The van der Waals surface area contributed by atoms with Crippen molar-refractivity contribution in [2.24, 2.45) is 0 Å². The maximum Gasteiger partial charge on any atom is 0.255 e. The number of nitrogens with one attached hydrogen (secondary N) is 1. The Morgan fingerprint density at radius 2 is 1.52 bits per heavy atom. The van der Waals surface area contributed by atoms with Crippen LogP contribution in [0.2, 0.25) is 5.02 Å². The summed E-state index contributed by atoms with van der Waals surface area (Å²) in [5.74, 6) is -0.781. The van der Waals surface area contributed by atoms with Crippen molar-refractivity contribution in [1.82, 2.24) is 0 Å². The predicted octanol–water partition coefficient (Wildman–Crippen LogP) is 3.97. The second-order valence-corrected chi connectivity index (χ2v) is 8.32. The molecule has 0 unspecified atom stereocenters. The Kier molecular flexibility index (Phi) is 4.09. The van der Waals surface area contributed by atoms with Crippen LogP contribution >= 0.6 is 11.6 Å². The quantitative estimate of drug-likeness (QED) is 0.555. The van der Waals surface area contributed by atoms with Crippen LogP contribution in [0.25, 0.3) is 0 Å². The van der Waals surface area contributed by atoms with Crippen molar-refractivity contribution < 1.29 is 18.0 Å². The van der Waals surface area contributed by atoms with Gasteiger partial charge in [0, 0.05) is 27.4 Å². The molecule has 1 aliphatic rings. The number of sulfone groups is 1. The van der Waals surface area contributed by atoms with Gasteiger partial charge >= 0.3 is 0 Å². The topological polar surface area (TPSA) is 80.3 Å². The van der Waals surface area contributed by atoms with Crippen molar-refractivity contribution in [3.05, 3.63) is 88.4 Å². The highest BCUT2D eigenvalue weighted by molar-refractivity contribution is 7.91. The second-order valence-electron chi connectivity index (χ2n) is 6.00. The van der Waals surface area contributed by atoms with E-state index in [1.165, 1.54) is 30.3 Å². The van der Waals surface area contributed by atoms with Crippen LogP contribution in [0.1, 0.15) is 26.3 Å². The molecule has 5 nitrogen and oxygen atoms in total. The Hall–Kier alpha value is -2.96. The number of rotatable bonds is 2. The zero-order valence-corrected chi connectivity index (χ0v) is 15.3. The summed E-state index contributed by atoms with van der Waals surface area (Å²) >= 11 is 5.81. The molecule has 7 heteroatoms. The molecule has 4 rings (SSSR count). The van der Waals surface area contributed by atoms with E-state index in [9.17, 15) is 18.0 Å². The largest absolute Gasteiger partial charge is 0.322 e. The van der Waals surface area contributed by atoms with Gasteiger partial charge in [-0.05, 0) is 54.6 Å². The van der Waals surface area contributed by atoms with E-state index >= 15 is 0 Å². The molecule has 0 saturated carbocycles. The predicted molar refractivity (Wildman–Crippen MR) is 101 cm³/mol. The zero-order valence-electron chi connectivity index (χ0n) is 13.8. The maximum atomic E-state index is 12.8. The van der Waals surface area contributed by atoms with E-state index < -0.39 is 21.5 Å². The summed E-state index contributed by atoms with van der Waals surface area (Å²) in [7, 11) is -3.78. The van der Waals surface area contributed by atoms with Crippen LogP contribution in [-0.4, -0.2) is 20.1 Å². The van der Waals surface area contributed by atoms with Gasteiger partial charge in [-0.25, -0.2) is 8.42 Å². The molecule has 0 saturated heterocycles. The number of anilines is 1. The van der Waals surface area contributed by atoms with E-state index in [1.807, 2.05) is 0 Å². The average molecular weight is 398 g/mol. The molecule has 0 aliphatic carbocycles.